The van der Waals surface area contributed by atoms with Crippen LogP contribution in [-0.4, -0.2) is 8.80 Å². The van der Waals surface area contributed by atoms with E-state index in [0.29, 0.717) is 0 Å². The van der Waals surface area contributed by atoms with Gasteiger partial charge in [-0.25, -0.2) is 8.78 Å². The summed E-state index contributed by atoms with van der Waals surface area (Å²) in [5.74, 6) is 0.206. The summed E-state index contributed by atoms with van der Waals surface area (Å²) in [6.45, 7) is 4.64. The molecule has 0 unspecified atom stereocenters. The Balaban J connectivity index is 1.70. The lowest BCUT2D eigenvalue weighted by molar-refractivity contribution is 0.435. The molecule has 3 heteroatoms. The lowest BCUT2D eigenvalue weighted by atomic mass is 9.94. The number of rotatable bonds is 6. The third kappa shape index (κ3) is 5.53. The fourth-order valence-electron chi connectivity index (χ4n) is 3.44. The van der Waals surface area contributed by atoms with Gasteiger partial charge in [-0.15, -0.1) is 0 Å². The van der Waals surface area contributed by atoms with Crippen molar-refractivity contribution in [2.45, 2.75) is 64.1 Å². The molecule has 1 saturated heterocycles. The third-order valence-electron chi connectivity index (χ3n) is 4.94. The number of hydrogen-bond acceptors (Lipinski definition) is 0. The Hall–Kier alpha value is -0.703. The maximum Gasteiger partial charge on any atom is 0.159 e. The summed E-state index contributed by atoms with van der Waals surface area (Å²) >= 11 is 0. The molecule has 0 amide bonds. The Morgan fingerprint density at radius 3 is 2.48 bits per heavy atom. The highest BCUT2D eigenvalue weighted by Gasteiger charge is 2.22. The fourth-order valence-corrected chi connectivity index (χ4v) is 7.33. The van der Waals surface area contributed by atoms with Crippen LogP contribution >= 0.6 is 0 Å². The van der Waals surface area contributed by atoms with Gasteiger partial charge in [-0.2, -0.15) is 0 Å². The molecule has 0 spiro atoms. The maximum absolute atomic E-state index is 13.2. The number of benzene rings is 1. The largest absolute Gasteiger partial charge is 0.204 e. The van der Waals surface area contributed by atoms with Gasteiger partial charge >= 0.3 is 0 Å². The van der Waals surface area contributed by atoms with Crippen molar-refractivity contribution in [3.8, 4) is 0 Å². The van der Waals surface area contributed by atoms with Crippen LogP contribution < -0.4 is 0 Å². The monoisotopic (exact) mass is 310 g/mol. The predicted octanol–water partition coefficient (Wildman–Crippen LogP) is 5.58. The summed E-state index contributed by atoms with van der Waals surface area (Å²) in [6.07, 6.45) is 6.18. The van der Waals surface area contributed by atoms with Crippen LogP contribution in [0.3, 0.4) is 0 Å². The molecule has 0 atom stereocenters. The molecule has 0 aliphatic carbocycles. The molecule has 1 aliphatic heterocycles. The highest BCUT2D eigenvalue weighted by molar-refractivity contribution is 6.58. The molecule has 1 aromatic rings. The zero-order valence-corrected chi connectivity index (χ0v) is 14.5. The summed E-state index contributed by atoms with van der Waals surface area (Å²) in [4.78, 5) is 0. The average molecular weight is 311 g/mol. The first-order chi connectivity index (χ1) is 10.0. The van der Waals surface area contributed by atoms with Gasteiger partial charge in [0.15, 0.2) is 11.6 Å². The molecule has 2 rings (SSSR count). The Bertz CT molecular complexity index is 437. The highest BCUT2D eigenvalue weighted by atomic mass is 28.3. The molecule has 0 bridgehead atoms. The van der Waals surface area contributed by atoms with Crippen LogP contribution in [0.5, 0.6) is 0 Å². The predicted molar refractivity (Wildman–Crippen MR) is 88.4 cm³/mol. The average Bonchev–Trinajstić information content (AvgIpc) is 2.47. The summed E-state index contributed by atoms with van der Waals surface area (Å²) < 4.78 is 26.1. The Kier molecular flexibility index (Phi) is 6.40. The van der Waals surface area contributed by atoms with E-state index in [1.165, 1.54) is 49.5 Å². The van der Waals surface area contributed by atoms with Gasteiger partial charge in [0, 0.05) is 8.80 Å². The van der Waals surface area contributed by atoms with Crippen LogP contribution in [0.2, 0.25) is 18.1 Å². The minimum atomic E-state index is -0.740. The molecule has 1 fully saturated rings. The van der Waals surface area contributed by atoms with Gasteiger partial charge in [0.1, 0.15) is 0 Å². The summed E-state index contributed by atoms with van der Waals surface area (Å²) in [6, 6.07) is 8.85. The summed E-state index contributed by atoms with van der Waals surface area (Å²) in [7, 11) is -0.444. The Morgan fingerprint density at radius 2 is 1.86 bits per heavy atom. The van der Waals surface area contributed by atoms with Gasteiger partial charge in [0.25, 0.3) is 0 Å². The van der Waals surface area contributed by atoms with Crippen LogP contribution in [0.15, 0.2) is 18.2 Å². The zero-order valence-electron chi connectivity index (χ0n) is 13.4. The second-order valence-corrected chi connectivity index (χ2v) is 10.6. The van der Waals surface area contributed by atoms with E-state index in [0.717, 1.165) is 30.2 Å². The van der Waals surface area contributed by atoms with E-state index in [4.69, 9.17) is 0 Å². The van der Waals surface area contributed by atoms with Crippen LogP contribution in [0.1, 0.15) is 45.1 Å². The molecule has 1 aliphatic rings. The van der Waals surface area contributed by atoms with Crippen molar-refractivity contribution in [2.75, 3.05) is 0 Å². The van der Waals surface area contributed by atoms with E-state index in [-0.39, 0.29) is 0 Å². The molecule has 0 saturated carbocycles. The first-order valence-corrected chi connectivity index (χ1v) is 10.9. The minimum Gasteiger partial charge on any atom is -0.204 e. The molecule has 1 aromatic carbocycles. The van der Waals surface area contributed by atoms with Crippen LogP contribution in [-0.2, 0) is 6.42 Å². The van der Waals surface area contributed by atoms with E-state index in [2.05, 4.69) is 13.8 Å². The molecular weight excluding hydrogens is 282 g/mol. The van der Waals surface area contributed by atoms with Crippen LogP contribution in [0, 0.1) is 23.5 Å². The standard InChI is InChI=1S/C18H28F2Si/c1-14(2)7-10-21-11-8-15(9-12-21)3-4-16-5-6-17(19)18(20)13-16/h5-6,13-15,21H,3-4,7-12H2,1-2H3. The quantitative estimate of drug-likeness (QED) is 0.602. The molecule has 0 nitrogen and oxygen atoms in total. The SMILES string of the molecule is CC(C)CC[SiH]1CCC(CCc2ccc(F)c(F)c2)CC1. The van der Waals surface area contributed by atoms with Crippen molar-refractivity contribution in [3.05, 3.63) is 35.4 Å². The molecule has 0 aromatic heterocycles. The molecule has 21 heavy (non-hydrogen) atoms. The van der Waals surface area contributed by atoms with E-state index in [1.807, 2.05) is 0 Å². The molecule has 0 N–H and O–H groups in total. The molecular formula is C18H28F2Si. The zero-order chi connectivity index (χ0) is 15.2. The van der Waals surface area contributed by atoms with Gasteiger partial charge < -0.3 is 0 Å². The number of aryl methyl sites for hydroxylation is 1. The molecule has 1 heterocycles. The van der Waals surface area contributed by atoms with Crippen molar-refractivity contribution < 1.29 is 8.78 Å². The first-order valence-electron chi connectivity index (χ1n) is 8.48. The van der Waals surface area contributed by atoms with Gasteiger partial charge in [0.05, 0.1) is 0 Å². The fraction of sp³-hybridized carbons (Fsp3) is 0.667. The second kappa shape index (κ2) is 8.07. The lowest BCUT2D eigenvalue weighted by Gasteiger charge is -2.28. The highest BCUT2D eigenvalue weighted by Crippen LogP contribution is 2.31. The van der Waals surface area contributed by atoms with Crippen molar-refractivity contribution in [2.24, 2.45) is 11.8 Å². The van der Waals surface area contributed by atoms with Gasteiger partial charge in [-0.3, -0.25) is 0 Å². The van der Waals surface area contributed by atoms with Crippen LogP contribution in [0.25, 0.3) is 0 Å². The van der Waals surface area contributed by atoms with Crippen molar-refractivity contribution >= 4 is 8.80 Å². The van der Waals surface area contributed by atoms with Gasteiger partial charge in [-0.05, 0) is 42.4 Å². The minimum absolute atomic E-state index is 0.444. The second-order valence-electron chi connectivity index (χ2n) is 7.15. The first kappa shape index (κ1) is 16.7. The number of hydrogen-bond donors (Lipinski definition) is 0. The Labute approximate surface area is 129 Å². The topological polar surface area (TPSA) is 0 Å². The van der Waals surface area contributed by atoms with E-state index in [9.17, 15) is 8.78 Å². The molecule has 118 valence electrons. The Morgan fingerprint density at radius 1 is 1.14 bits per heavy atom. The van der Waals surface area contributed by atoms with E-state index in [1.54, 1.807) is 6.07 Å². The lowest BCUT2D eigenvalue weighted by Crippen LogP contribution is -2.22. The van der Waals surface area contributed by atoms with Crippen molar-refractivity contribution in [3.63, 3.8) is 0 Å². The van der Waals surface area contributed by atoms with E-state index < -0.39 is 20.4 Å². The normalized spacial score (nSPS) is 22.7. The molecule has 0 radical (unpaired) electrons. The summed E-state index contributed by atoms with van der Waals surface area (Å²) in [5.41, 5.74) is 0.938. The third-order valence-corrected chi connectivity index (χ3v) is 8.39. The van der Waals surface area contributed by atoms with Gasteiger partial charge in [0.2, 0.25) is 0 Å². The maximum atomic E-state index is 13.2. The van der Waals surface area contributed by atoms with Crippen molar-refractivity contribution in [1.29, 1.82) is 0 Å². The smallest absolute Gasteiger partial charge is 0.159 e. The van der Waals surface area contributed by atoms with E-state index >= 15 is 0 Å². The van der Waals surface area contributed by atoms with Crippen molar-refractivity contribution in [1.82, 2.24) is 0 Å². The van der Waals surface area contributed by atoms with Gasteiger partial charge in [-0.1, -0.05) is 57.3 Å². The summed E-state index contributed by atoms with van der Waals surface area (Å²) in [5, 5.41) is 0. The number of halogens is 2. The van der Waals surface area contributed by atoms with Crippen LogP contribution in [0.4, 0.5) is 8.78 Å².